The van der Waals surface area contributed by atoms with Crippen LogP contribution in [-0.2, 0) is 22.6 Å². The second-order valence-electron chi connectivity index (χ2n) is 6.08. The van der Waals surface area contributed by atoms with E-state index in [4.69, 9.17) is 9.47 Å². The van der Waals surface area contributed by atoms with E-state index in [-0.39, 0.29) is 0 Å². The Balaban J connectivity index is 1.31. The van der Waals surface area contributed by atoms with E-state index >= 15 is 0 Å². The van der Waals surface area contributed by atoms with Gasteiger partial charge >= 0.3 is 0 Å². The molecule has 2 aliphatic rings. The largest absolute Gasteiger partial charge is 0.375 e. The van der Waals surface area contributed by atoms with Crippen molar-refractivity contribution in [1.29, 1.82) is 0 Å². The van der Waals surface area contributed by atoms with Crippen LogP contribution in [0.5, 0.6) is 0 Å². The standard InChI is InChI=1S/C16H21N3O2S2/c1-2-13-16(12(1)10-20-11-15-18-4-8-23-15)21-6-5-19(13)9-14-17-3-7-22-14/h3-4,7-8,12-13,16H,1-2,5-6,9-11H2/t12-,13-,16+/m0/s1. The normalized spacial score (nSPS) is 28.1. The number of morpholine rings is 1. The van der Waals surface area contributed by atoms with Crippen LogP contribution >= 0.6 is 22.7 Å². The molecule has 1 saturated carbocycles. The summed E-state index contributed by atoms with van der Waals surface area (Å²) in [6, 6.07) is 0.515. The fraction of sp³-hybridized carbons (Fsp3) is 0.625. The summed E-state index contributed by atoms with van der Waals surface area (Å²) >= 11 is 3.39. The molecule has 4 rings (SSSR count). The molecular weight excluding hydrogens is 330 g/mol. The summed E-state index contributed by atoms with van der Waals surface area (Å²) < 4.78 is 12.0. The molecule has 124 valence electrons. The first-order chi connectivity index (χ1) is 11.4. The lowest BCUT2D eigenvalue weighted by atomic mass is 10.0. The van der Waals surface area contributed by atoms with Crippen LogP contribution < -0.4 is 0 Å². The number of nitrogens with zero attached hydrogens (tertiary/aromatic N) is 3. The fourth-order valence-corrected chi connectivity index (χ4v) is 4.83. The maximum Gasteiger partial charge on any atom is 0.118 e. The van der Waals surface area contributed by atoms with Crippen LogP contribution in [0, 0.1) is 5.92 Å². The number of ether oxygens (including phenoxy) is 2. The lowest BCUT2D eigenvalue weighted by molar-refractivity contribution is -0.0891. The first kappa shape index (κ1) is 15.7. The molecule has 2 aromatic rings. The molecule has 0 spiro atoms. The molecule has 2 fully saturated rings. The Morgan fingerprint density at radius 2 is 2.00 bits per heavy atom. The Morgan fingerprint density at radius 1 is 1.17 bits per heavy atom. The van der Waals surface area contributed by atoms with Crippen LogP contribution in [0.1, 0.15) is 22.9 Å². The van der Waals surface area contributed by atoms with Gasteiger partial charge in [-0.2, -0.15) is 0 Å². The predicted molar refractivity (Wildman–Crippen MR) is 90.5 cm³/mol. The van der Waals surface area contributed by atoms with E-state index < -0.39 is 0 Å². The molecular formula is C16H21N3O2S2. The minimum absolute atomic E-state index is 0.306. The van der Waals surface area contributed by atoms with Crippen molar-refractivity contribution < 1.29 is 9.47 Å². The van der Waals surface area contributed by atoms with Crippen LogP contribution in [0.15, 0.2) is 23.2 Å². The lowest BCUT2D eigenvalue weighted by Gasteiger charge is -2.38. The Kier molecular flexibility index (Phi) is 5.01. The van der Waals surface area contributed by atoms with Crippen molar-refractivity contribution in [3.05, 3.63) is 33.2 Å². The molecule has 1 aliphatic heterocycles. The van der Waals surface area contributed by atoms with Gasteiger partial charge in [0.05, 0.1) is 32.5 Å². The van der Waals surface area contributed by atoms with Gasteiger partial charge in [-0.3, -0.25) is 4.90 Å². The molecule has 7 heteroatoms. The average molecular weight is 351 g/mol. The third-order valence-corrected chi connectivity index (χ3v) is 6.22. The van der Waals surface area contributed by atoms with Gasteiger partial charge < -0.3 is 9.47 Å². The second kappa shape index (κ2) is 7.36. The number of hydrogen-bond donors (Lipinski definition) is 0. The average Bonchev–Trinajstić information content (AvgIpc) is 3.30. The third-order valence-electron chi connectivity index (χ3n) is 4.70. The minimum Gasteiger partial charge on any atom is -0.375 e. The Morgan fingerprint density at radius 3 is 2.78 bits per heavy atom. The van der Waals surface area contributed by atoms with Crippen molar-refractivity contribution in [1.82, 2.24) is 14.9 Å². The highest BCUT2D eigenvalue weighted by Gasteiger charge is 2.42. The molecule has 0 bridgehead atoms. The van der Waals surface area contributed by atoms with Gasteiger partial charge in [0, 0.05) is 41.7 Å². The predicted octanol–water partition coefficient (Wildman–Crippen LogP) is 2.80. The zero-order valence-electron chi connectivity index (χ0n) is 13.0. The van der Waals surface area contributed by atoms with Gasteiger partial charge in [-0.15, -0.1) is 22.7 Å². The topological polar surface area (TPSA) is 47.5 Å². The Hall–Kier alpha value is -0.860. The Labute approximate surface area is 144 Å². The minimum atomic E-state index is 0.306. The molecule has 3 atom stereocenters. The summed E-state index contributed by atoms with van der Waals surface area (Å²) in [5.74, 6) is 0.499. The van der Waals surface area contributed by atoms with Crippen molar-refractivity contribution >= 4 is 22.7 Å². The molecule has 0 aromatic carbocycles. The summed E-state index contributed by atoms with van der Waals surface area (Å²) in [5, 5.41) is 6.30. The molecule has 0 amide bonds. The summed E-state index contributed by atoms with van der Waals surface area (Å²) in [6.45, 7) is 4.16. The summed E-state index contributed by atoms with van der Waals surface area (Å²) in [7, 11) is 0. The van der Waals surface area contributed by atoms with Crippen molar-refractivity contribution in [2.24, 2.45) is 5.92 Å². The van der Waals surface area contributed by atoms with Crippen molar-refractivity contribution in [2.75, 3.05) is 19.8 Å². The van der Waals surface area contributed by atoms with E-state index in [1.54, 1.807) is 22.7 Å². The van der Waals surface area contributed by atoms with Gasteiger partial charge in [-0.05, 0) is 12.8 Å². The number of aromatic nitrogens is 2. The van der Waals surface area contributed by atoms with E-state index in [1.807, 2.05) is 17.8 Å². The fourth-order valence-electron chi connectivity index (χ4n) is 3.64. The highest BCUT2D eigenvalue weighted by atomic mass is 32.1. The quantitative estimate of drug-likeness (QED) is 0.801. The first-order valence-electron chi connectivity index (χ1n) is 8.10. The second-order valence-corrected chi connectivity index (χ2v) is 8.04. The van der Waals surface area contributed by atoms with Gasteiger partial charge in [0.1, 0.15) is 10.0 Å². The number of fused-ring (bicyclic) bond motifs is 1. The molecule has 0 radical (unpaired) electrons. The zero-order chi connectivity index (χ0) is 15.5. The summed E-state index contributed by atoms with van der Waals surface area (Å²) in [4.78, 5) is 11.2. The molecule has 5 nitrogen and oxygen atoms in total. The van der Waals surface area contributed by atoms with Crippen molar-refractivity contribution in [3.8, 4) is 0 Å². The van der Waals surface area contributed by atoms with Crippen LogP contribution in [0.25, 0.3) is 0 Å². The molecule has 23 heavy (non-hydrogen) atoms. The van der Waals surface area contributed by atoms with Crippen LogP contribution in [0.3, 0.4) is 0 Å². The van der Waals surface area contributed by atoms with Gasteiger partial charge in [0.15, 0.2) is 0 Å². The monoisotopic (exact) mass is 351 g/mol. The number of hydrogen-bond acceptors (Lipinski definition) is 7. The zero-order valence-corrected chi connectivity index (χ0v) is 14.6. The van der Waals surface area contributed by atoms with Crippen LogP contribution in [0.4, 0.5) is 0 Å². The molecule has 3 heterocycles. The Bertz CT molecular complexity index is 591. The molecule has 1 aliphatic carbocycles. The number of rotatable bonds is 6. The van der Waals surface area contributed by atoms with Gasteiger partial charge in [0.2, 0.25) is 0 Å². The van der Waals surface area contributed by atoms with Gasteiger partial charge in [-0.1, -0.05) is 0 Å². The highest BCUT2D eigenvalue weighted by molar-refractivity contribution is 7.09. The van der Waals surface area contributed by atoms with Crippen molar-refractivity contribution in [2.45, 2.75) is 38.1 Å². The van der Waals surface area contributed by atoms with Crippen LogP contribution in [0.2, 0.25) is 0 Å². The third kappa shape index (κ3) is 3.64. The van der Waals surface area contributed by atoms with Gasteiger partial charge in [0.25, 0.3) is 0 Å². The van der Waals surface area contributed by atoms with E-state index in [9.17, 15) is 0 Å². The van der Waals surface area contributed by atoms with Gasteiger partial charge in [-0.25, -0.2) is 9.97 Å². The summed E-state index contributed by atoms with van der Waals surface area (Å²) in [6.07, 6.45) is 6.40. The molecule has 0 N–H and O–H groups in total. The van der Waals surface area contributed by atoms with E-state index in [1.165, 1.54) is 17.8 Å². The highest BCUT2D eigenvalue weighted by Crippen LogP contribution is 2.35. The lowest BCUT2D eigenvalue weighted by Crippen LogP contribution is -2.50. The molecule has 0 unspecified atom stereocenters. The summed E-state index contributed by atoms with van der Waals surface area (Å²) in [5.41, 5.74) is 0. The van der Waals surface area contributed by atoms with Crippen molar-refractivity contribution in [3.63, 3.8) is 0 Å². The molecule has 2 aromatic heterocycles. The smallest absolute Gasteiger partial charge is 0.118 e. The SMILES string of the molecule is c1csc(COC[C@@H]2CC[C@H]3[C@@H]2OCCN3Cc2nccs2)n1. The van der Waals surface area contributed by atoms with Crippen LogP contribution in [-0.4, -0.2) is 46.8 Å². The van der Waals surface area contributed by atoms with E-state index in [0.717, 1.165) is 31.3 Å². The maximum atomic E-state index is 6.10. The first-order valence-corrected chi connectivity index (χ1v) is 9.86. The number of thiazole rings is 2. The van der Waals surface area contributed by atoms with E-state index in [0.29, 0.717) is 24.7 Å². The maximum absolute atomic E-state index is 6.10. The van der Waals surface area contributed by atoms with E-state index in [2.05, 4.69) is 20.2 Å². The molecule has 1 saturated heterocycles.